The van der Waals surface area contributed by atoms with Crippen LogP contribution < -0.4 is 5.32 Å². The molecule has 0 spiro atoms. The number of likely N-dealkylation sites (tertiary alicyclic amines) is 1. The molecule has 1 fully saturated rings. The summed E-state index contributed by atoms with van der Waals surface area (Å²) >= 11 is 0. The van der Waals surface area contributed by atoms with Crippen molar-refractivity contribution in [1.82, 2.24) is 15.1 Å². The van der Waals surface area contributed by atoms with Gasteiger partial charge in [0.25, 0.3) is 0 Å². The van der Waals surface area contributed by atoms with Crippen molar-refractivity contribution in [2.24, 2.45) is 5.92 Å². The van der Waals surface area contributed by atoms with Crippen molar-refractivity contribution in [3.63, 3.8) is 0 Å². The summed E-state index contributed by atoms with van der Waals surface area (Å²) in [5.74, 6) is 0.584. The zero-order chi connectivity index (χ0) is 15.4. The molecule has 2 heterocycles. The summed E-state index contributed by atoms with van der Waals surface area (Å²) in [5, 5.41) is 2.94. The first-order chi connectivity index (χ1) is 10.0. The highest BCUT2D eigenvalue weighted by atomic mass is 16.3. The van der Waals surface area contributed by atoms with Crippen molar-refractivity contribution in [3.05, 3.63) is 24.2 Å². The Balaban J connectivity index is 1.90. The number of rotatable bonds is 6. The molecule has 1 aromatic rings. The number of hydrogen-bond acceptors (Lipinski definition) is 4. The first-order valence-electron chi connectivity index (χ1n) is 7.28. The predicted molar refractivity (Wildman–Crippen MR) is 78.5 cm³/mol. The summed E-state index contributed by atoms with van der Waals surface area (Å²) in [6.07, 6.45) is 1.94. The second kappa shape index (κ2) is 6.76. The van der Waals surface area contributed by atoms with Crippen LogP contribution in [0.3, 0.4) is 0 Å². The molecule has 6 heteroatoms. The van der Waals surface area contributed by atoms with E-state index in [1.165, 1.54) is 0 Å². The molecule has 21 heavy (non-hydrogen) atoms. The molecule has 1 aliphatic heterocycles. The van der Waals surface area contributed by atoms with Gasteiger partial charge in [-0.25, -0.2) is 0 Å². The summed E-state index contributed by atoms with van der Waals surface area (Å²) in [6, 6.07) is 3.72. The van der Waals surface area contributed by atoms with E-state index in [0.29, 0.717) is 26.1 Å². The molecule has 2 amide bonds. The topological polar surface area (TPSA) is 65.8 Å². The Morgan fingerprint density at radius 1 is 1.57 bits per heavy atom. The van der Waals surface area contributed by atoms with Gasteiger partial charge in [0.1, 0.15) is 5.76 Å². The van der Waals surface area contributed by atoms with Crippen LogP contribution in [0.4, 0.5) is 0 Å². The lowest BCUT2D eigenvalue weighted by Gasteiger charge is -2.23. The summed E-state index contributed by atoms with van der Waals surface area (Å²) in [4.78, 5) is 27.6. The number of nitrogens with zero attached hydrogens (tertiary/aromatic N) is 2. The van der Waals surface area contributed by atoms with E-state index in [-0.39, 0.29) is 23.8 Å². The van der Waals surface area contributed by atoms with E-state index < -0.39 is 0 Å². The summed E-state index contributed by atoms with van der Waals surface area (Å²) in [5.41, 5.74) is 0. The Hall–Kier alpha value is -1.82. The third-order valence-electron chi connectivity index (χ3n) is 3.93. The number of hydrogen-bond donors (Lipinski definition) is 1. The summed E-state index contributed by atoms with van der Waals surface area (Å²) < 4.78 is 5.41. The average Bonchev–Trinajstić information content (AvgIpc) is 3.07. The van der Waals surface area contributed by atoms with E-state index in [2.05, 4.69) is 5.32 Å². The fourth-order valence-corrected chi connectivity index (χ4v) is 2.61. The van der Waals surface area contributed by atoms with Gasteiger partial charge < -0.3 is 14.6 Å². The van der Waals surface area contributed by atoms with Gasteiger partial charge in [-0.15, -0.1) is 0 Å². The van der Waals surface area contributed by atoms with Crippen LogP contribution in [0, 0.1) is 5.92 Å². The maximum atomic E-state index is 12.2. The first kappa shape index (κ1) is 15.6. The van der Waals surface area contributed by atoms with Crippen molar-refractivity contribution < 1.29 is 14.0 Å². The molecule has 0 bridgehead atoms. The van der Waals surface area contributed by atoms with Gasteiger partial charge in [-0.3, -0.25) is 14.5 Å². The molecule has 1 saturated heterocycles. The number of nitrogens with one attached hydrogen (secondary N) is 1. The first-order valence-corrected chi connectivity index (χ1v) is 7.28. The highest BCUT2D eigenvalue weighted by Crippen LogP contribution is 2.20. The SMILES string of the molecule is CCN1C[C@@H](C(=O)NC[C@H](c2ccco2)N(C)C)CC1=O. The normalized spacial score (nSPS) is 20.1. The standard InChI is InChI=1S/C15H23N3O3/c1-4-18-10-11(8-14(18)19)15(20)16-9-12(17(2)3)13-6-5-7-21-13/h5-7,11-12H,4,8-10H2,1-3H3,(H,16,20)/t11-,12+/m0/s1. The second-order valence-electron chi connectivity index (χ2n) is 5.57. The molecule has 0 radical (unpaired) electrons. The zero-order valence-electron chi connectivity index (χ0n) is 12.8. The number of carbonyl (C=O) groups excluding carboxylic acids is 2. The van der Waals surface area contributed by atoms with Crippen LogP contribution >= 0.6 is 0 Å². The Morgan fingerprint density at radius 2 is 2.33 bits per heavy atom. The van der Waals surface area contributed by atoms with E-state index in [0.717, 1.165) is 5.76 Å². The van der Waals surface area contributed by atoms with Crippen LogP contribution in [0.5, 0.6) is 0 Å². The van der Waals surface area contributed by atoms with Crippen molar-refractivity contribution in [2.45, 2.75) is 19.4 Å². The fourth-order valence-electron chi connectivity index (χ4n) is 2.61. The molecule has 0 aromatic carbocycles. The highest BCUT2D eigenvalue weighted by molar-refractivity contribution is 5.89. The monoisotopic (exact) mass is 293 g/mol. The molecule has 1 aromatic heterocycles. The Kier molecular flexibility index (Phi) is 5.01. The molecule has 0 unspecified atom stereocenters. The van der Waals surface area contributed by atoms with E-state index in [1.807, 2.05) is 38.1 Å². The van der Waals surface area contributed by atoms with Crippen molar-refractivity contribution in [2.75, 3.05) is 33.7 Å². The van der Waals surface area contributed by atoms with E-state index in [9.17, 15) is 9.59 Å². The van der Waals surface area contributed by atoms with Gasteiger partial charge in [-0.1, -0.05) is 0 Å². The van der Waals surface area contributed by atoms with Gasteiger partial charge in [0.2, 0.25) is 11.8 Å². The largest absolute Gasteiger partial charge is 0.468 e. The van der Waals surface area contributed by atoms with Gasteiger partial charge in [0.05, 0.1) is 18.2 Å². The van der Waals surface area contributed by atoms with E-state index >= 15 is 0 Å². The predicted octanol–water partition coefficient (Wildman–Crippen LogP) is 0.867. The Bertz CT molecular complexity index is 484. The maximum absolute atomic E-state index is 12.2. The maximum Gasteiger partial charge on any atom is 0.225 e. The molecule has 116 valence electrons. The fraction of sp³-hybridized carbons (Fsp3) is 0.600. The quantitative estimate of drug-likeness (QED) is 0.845. The number of amides is 2. The zero-order valence-corrected chi connectivity index (χ0v) is 12.8. The van der Waals surface area contributed by atoms with Crippen LogP contribution in [0.25, 0.3) is 0 Å². The van der Waals surface area contributed by atoms with E-state index in [1.54, 1.807) is 11.2 Å². The Morgan fingerprint density at radius 3 is 2.86 bits per heavy atom. The minimum Gasteiger partial charge on any atom is -0.468 e. The number of likely N-dealkylation sites (N-methyl/N-ethyl adjacent to an activating group) is 1. The van der Waals surface area contributed by atoms with Gasteiger partial charge >= 0.3 is 0 Å². The smallest absolute Gasteiger partial charge is 0.225 e. The third kappa shape index (κ3) is 3.64. The van der Waals surface area contributed by atoms with Gasteiger partial charge in [0, 0.05) is 26.1 Å². The molecule has 1 N–H and O–H groups in total. The minimum atomic E-state index is -0.239. The Labute approximate surface area is 125 Å². The summed E-state index contributed by atoms with van der Waals surface area (Å²) in [7, 11) is 3.88. The summed E-state index contributed by atoms with van der Waals surface area (Å²) in [6.45, 7) is 3.58. The van der Waals surface area contributed by atoms with Crippen LogP contribution in [-0.2, 0) is 9.59 Å². The van der Waals surface area contributed by atoms with Crippen molar-refractivity contribution in [3.8, 4) is 0 Å². The van der Waals surface area contributed by atoms with Crippen LogP contribution in [0.15, 0.2) is 22.8 Å². The van der Waals surface area contributed by atoms with Crippen LogP contribution in [-0.4, -0.2) is 55.3 Å². The van der Waals surface area contributed by atoms with Crippen molar-refractivity contribution in [1.29, 1.82) is 0 Å². The van der Waals surface area contributed by atoms with Gasteiger partial charge in [-0.05, 0) is 33.2 Å². The third-order valence-corrected chi connectivity index (χ3v) is 3.93. The van der Waals surface area contributed by atoms with Crippen LogP contribution in [0.1, 0.15) is 25.1 Å². The second-order valence-corrected chi connectivity index (χ2v) is 5.57. The lowest BCUT2D eigenvalue weighted by atomic mass is 10.1. The highest BCUT2D eigenvalue weighted by Gasteiger charge is 2.33. The number of carbonyl (C=O) groups is 2. The minimum absolute atomic E-state index is 0.0108. The average molecular weight is 293 g/mol. The number of furan rings is 1. The van der Waals surface area contributed by atoms with Gasteiger partial charge in [0.15, 0.2) is 0 Å². The lowest BCUT2D eigenvalue weighted by Crippen LogP contribution is -2.38. The molecule has 1 aliphatic rings. The van der Waals surface area contributed by atoms with Crippen molar-refractivity contribution >= 4 is 11.8 Å². The lowest BCUT2D eigenvalue weighted by molar-refractivity contribution is -0.128. The molecule has 0 aliphatic carbocycles. The molecule has 2 rings (SSSR count). The van der Waals surface area contributed by atoms with E-state index in [4.69, 9.17) is 4.42 Å². The molecule has 2 atom stereocenters. The molecular weight excluding hydrogens is 270 g/mol. The molecule has 6 nitrogen and oxygen atoms in total. The molecular formula is C15H23N3O3. The van der Waals surface area contributed by atoms with Gasteiger partial charge in [-0.2, -0.15) is 0 Å². The van der Waals surface area contributed by atoms with Crippen LogP contribution in [0.2, 0.25) is 0 Å². The molecule has 0 saturated carbocycles.